The quantitative estimate of drug-likeness (QED) is 0.544. The van der Waals surface area contributed by atoms with Crippen molar-refractivity contribution in [3.8, 4) is 0 Å². The van der Waals surface area contributed by atoms with Gasteiger partial charge in [-0.1, -0.05) is 65.7 Å². The molecule has 0 saturated heterocycles. The van der Waals surface area contributed by atoms with E-state index in [1.807, 2.05) is 0 Å². The maximum atomic E-state index is 5.15. The van der Waals surface area contributed by atoms with Crippen molar-refractivity contribution >= 4 is 12.6 Å². The molecule has 0 radical (unpaired) electrons. The predicted octanol–water partition coefficient (Wildman–Crippen LogP) is 5.47. The van der Waals surface area contributed by atoms with Crippen molar-refractivity contribution in [3.63, 3.8) is 0 Å². The summed E-state index contributed by atoms with van der Waals surface area (Å²) in [6.07, 6.45) is 13.0. The van der Waals surface area contributed by atoms with Crippen molar-refractivity contribution in [3.05, 3.63) is 0 Å². The lowest BCUT2D eigenvalue weighted by Crippen LogP contribution is -2.39. The van der Waals surface area contributed by atoms with Gasteiger partial charge in [0.15, 0.2) is 0 Å². The van der Waals surface area contributed by atoms with Gasteiger partial charge in [0, 0.05) is 4.75 Å². The summed E-state index contributed by atoms with van der Waals surface area (Å²) >= 11 is 5.15. The molecule has 0 aliphatic heterocycles. The molecule has 3 unspecified atom stereocenters. The molecule has 2 rings (SSSR count). The Morgan fingerprint density at radius 1 is 0.882 bits per heavy atom. The van der Waals surface area contributed by atoms with Crippen LogP contribution < -0.4 is 0 Å². The third-order valence-corrected chi connectivity index (χ3v) is 6.55. The highest BCUT2D eigenvalue weighted by molar-refractivity contribution is 7.81. The summed E-state index contributed by atoms with van der Waals surface area (Å²) in [4.78, 5) is 0. The van der Waals surface area contributed by atoms with E-state index in [4.69, 9.17) is 12.6 Å². The van der Waals surface area contributed by atoms with Crippen molar-refractivity contribution < 1.29 is 0 Å². The van der Waals surface area contributed by atoms with Gasteiger partial charge in [-0.3, -0.25) is 0 Å². The number of thiol groups is 1. The van der Waals surface area contributed by atoms with E-state index in [9.17, 15) is 0 Å². The first-order valence-electron chi connectivity index (χ1n) is 7.65. The second-order valence-corrected chi connectivity index (χ2v) is 8.39. The van der Waals surface area contributed by atoms with Gasteiger partial charge in [0.25, 0.3) is 0 Å². The van der Waals surface area contributed by atoms with E-state index < -0.39 is 0 Å². The molecule has 0 spiro atoms. The van der Waals surface area contributed by atoms with E-state index in [1.54, 1.807) is 0 Å². The first kappa shape index (κ1) is 13.8. The molecule has 1 heteroatoms. The SMILES string of the molecule is CC(C)(C)C1(S)CCCC2CCCCCC2C1. The number of fused-ring (bicyclic) bond motifs is 1. The van der Waals surface area contributed by atoms with E-state index in [1.165, 1.54) is 57.8 Å². The normalized spacial score (nSPS) is 40.2. The fourth-order valence-corrected chi connectivity index (χ4v) is 4.38. The molecule has 2 saturated carbocycles. The molecule has 0 amide bonds. The Labute approximate surface area is 113 Å². The van der Waals surface area contributed by atoms with Gasteiger partial charge in [-0.2, -0.15) is 12.6 Å². The molecule has 2 fully saturated rings. The summed E-state index contributed by atoms with van der Waals surface area (Å²) < 4.78 is 0.275. The molecule has 0 aromatic carbocycles. The molecule has 0 nitrogen and oxygen atoms in total. The van der Waals surface area contributed by atoms with E-state index in [0.717, 1.165) is 11.8 Å². The molecule has 0 aromatic heterocycles. The first-order chi connectivity index (χ1) is 7.92. The second-order valence-electron chi connectivity index (χ2n) is 7.54. The van der Waals surface area contributed by atoms with Crippen LogP contribution in [0.15, 0.2) is 0 Å². The predicted molar refractivity (Wildman–Crippen MR) is 79.7 cm³/mol. The highest BCUT2D eigenvalue weighted by Crippen LogP contribution is 2.51. The van der Waals surface area contributed by atoms with Crippen LogP contribution in [0.25, 0.3) is 0 Å². The summed E-state index contributed by atoms with van der Waals surface area (Å²) in [5, 5.41) is 0. The Hall–Kier alpha value is 0.350. The van der Waals surface area contributed by atoms with Crippen molar-refractivity contribution in [1.82, 2.24) is 0 Å². The number of hydrogen-bond donors (Lipinski definition) is 1. The topological polar surface area (TPSA) is 0 Å². The number of rotatable bonds is 0. The van der Waals surface area contributed by atoms with Crippen LogP contribution in [0.5, 0.6) is 0 Å². The minimum absolute atomic E-state index is 0.275. The average molecular weight is 254 g/mol. The average Bonchev–Trinajstić information content (AvgIpc) is 2.49. The minimum atomic E-state index is 0.275. The van der Waals surface area contributed by atoms with Crippen LogP contribution in [0, 0.1) is 17.3 Å². The second kappa shape index (κ2) is 5.15. The molecule has 2 aliphatic carbocycles. The lowest BCUT2D eigenvalue weighted by atomic mass is 9.72. The number of hydrogen-bond acceptors (Lipinski definition) is 1. The highest BCUT2D eigenvalue weighted by Gasteiger charge is 2.43. The lowest BCUT2D eigenvalue weighted by Gasteiger charge is -2.42. The van der Waals surface area contributed by atoms with Crippen LogP contribution >= 0.6 is 12.6 Å². The molecule has 100 valence electrons. The van der Waals surface area contributed by atoms with Gasteiger partial charge in [-0.15, -0.1) is 0 Å². The van der Waals surface area contributed by atoms with Gasteiger partial charge in [0.2, 0.25) is 0 Å². The van der Waals surface area contributed by atoms with Crippen LogP contribution in [-0.2, 0) is 0 Å². The van der Waals surface area contributed by atoms with Crippen LogP contribution in [0.1, 0.15) is 78.6 Å². The van der Waals surface area contributed by atoms with Gasteiger partial charge >= 0.3 is 0 Å². The van der Waals surface area contributed by atoms with E-state index in [-0.39, 0.29) is 4.75 Å². The smallest absolute Gasteiger partial charge is 0.0181 e. The maximum Gasteiger partial charge on any atom is 0.0181 e. The zero-order valence-corrected chi connectivity index (χ0v) is 12.9. The molecular formula is C16H30S. The van der Waals surface area contributed by atoms with Crippen molar-refractivity contribution in [2.75, 3.05) is 0 Å². The van der Waals surface area contributed by atoms with Crippen molar-refractivity contribution in [2.24, 2.45) is 17.3 Å². The van der Waals surface area contributed by atoms with Gasteiger partial charge in [-0.25, -0.2) is 0 Å². The fraction of sp³-hybridized carbons (Fsp3) is 1.00. The Balaban J connectivity index is 2.14. The Bertz CT molecular complexity index is 253. The molecule has 3 atom stereocenters. The van der Waals surface area contributed by atoms with Gasteiger partial charge in [0.05, 0.1) is 0 Å². The molecule has 0 heterocycles. The maximum absolute atomic E-state index is 5.15. The standard InChI is InChI=1S/C16H30S/c1-15(2,3)16(17)11-7-10-13-8-5-4-6-9-14(13)12-16/h13-14,17H,4-12H2,1-3H3. The first-order valence-corrected chi connectivity index (χ1v) is 8.09. The molecular weight excluding hydrogens is 224 g/mol. The largest absolute Gasteiger partial charge is 0.172 e. The molecule has 0 bridgehead atoms. The van der Waals surface area contributed by atoms with E-state index in [2.05, 4.69) is 20.8 Å². The molecule has 0 N–H and O–H groups in total. The van der Waals surface area contributed by atoms with Crippen LogP contribution in [0.3, 0.4) is 0 Å². The summed E-state index contributed by atoms with van der Waals surface area (Å²) in [5.74, 6) is 1.99. The van der Waals surface area contributed by atoms with Gasteiger partial charge in [-0.05, 0) is 30.1 Å². The lowest BCUT2D eigenvalue weighted by molar-refractivity contribution is 0.208. The van der Waals surface area contributed by atoms with Crippen LogP contribution in [0.2, 0.25) is 0 Å². The summed E-state index contributed by atoms with van der Waals surface area (Å²) in [5.41, 5.74) is 0.345. The van der Waals surface area contributed by atoms with Crippen LogP contribution in [0.4, 0.5) is 0 Å². The zero-order valence-electron chi connectivity index (χ0n) is 12.0. The minimum Gasteiger partial charge on any atom is -0.172 e. The van der Waals surface area contributed by atoms with Gasteiger partial charge < -0.3 is 0 Å². The van der Waals surface area contributed by atoms with Gasteiger partial charge in [0.1, 0.15) is 0 Å². The molecule has 0 aromatic rings. The Kier molecular flexibility index (Phi) is 4.17. The van der Waals surface area contributed by atoms with E-state index >= 15 is 0 Å². The third kappa shape index (κ3) is 3.03. The van der Waals surface area contributed by atoms with Crippen LogP contribution in [-0.4, -0.2) is 4.75 Å². The fourth-order valence-electron chi connectivity index (χ4n) is 3.98. The Morgan fingerprint density at radius 3 is 2.12 bits per heavy atom. The van der Waals surface area contributed by atoms with Crippen molar-refractivity contribution in [2.45, 2.75) is 83.3 Å². The summed E-state index contributed by atoms with van der Waals surface area (Å²) in [7, 11) is 0. The zero-order chi connectivity index (χ0) is 12.5. The monoisotopic (exact) mass is 254 g/mol. The Morgan fingerprint density at radius 2 is 1.47 bits per heavy atom. The van der Waals surface area contributed by atoms with Crippen molar-refractivity contribution in [1.29, 1.82) is 0 Å². The summed E-state index contributed by atoms with van der Waals surface area (Å²) in [6.45, 7) is 7.16. The molecule has 2 aliphatic rings. The molecule has 17 heavy (non-hydrogen) atoms. The third-order valence-electron chi connectivity index (χ3n) is 5.48. The summed E-state index contributed by atoms with van der Waals surface area (Å²) in [6, 6.07) is 0. The highest BCUT2D eigenvalue weighted by atomic mass is 32.1. The van der Waals surface area contributed by atoms with E-state index in [0.29, 0.717) is 5.41 Å².